The van der Waals surface area contributed by atoms with Crippen molar-refractivity contribution in [2.45, 2.75) is 96.3 Å². The van der Waals surface area contributed by atoms with Crippen molar-refractivity contribution in [2.75, 3.05) is 0 Å². The summed E-state index contributed by atoms with van der Waals surface area (Å²) in [4.78, 5) is 0. The van der Waals surface area contributed by atoms with E-state index < -0.39 is 0 Å². The van der Waals surface area contributed by atoms with Crippen LogP contribution in [0.25, 0.3) is 122 Å². The molecule has 5 aliphatic carbocycles. The van der Waals surface area contributed by atoms with Crippen LogP contribution in [0.4, 0.5) is 0 Å². The summed E-state index contributed by atoms with van der Waals surface area (Å²) in [5.41, 5.74) is 42.0. The van der Waals surface area contributed by atoms with Gasteiger partial charge in [-0.3, -0.25) is 0 Å². The number of fused-ring (bicyclic) bond motifs is 15. The summed E-state index contributed by atoms with van der Waals surface area (Å²) in [5, 5.41) is 0. The highest BCUT2D eigenvalue weighted by atomic mass is 14.4. The van der Waals surface area contributed by atoms with Crippen molar-refractivity contribution < 1.29 is 0 Å². The molecule has 5 aliphatic rings. The molecular formula is C87H70. The van der Waals surface area contributed by atoms with E-state index in [1.165, 1.54) is 178 Å². The highest BCUT2D eigenvalue weighted by Gasteiger charge is 2.41. The van der Waals surface area contributed by atoms with Crippen LogP contribution in [-0.4, -0.2) is 0 Å². The second kappa shape index (κ2) is 17.9. The van der Waals surface area contributed by atoms with E-state index in [1.807, 2.05) is 0 Å². The van der Waals surface area contributed by atoms with E-state index in [1.54, 1.807) is 0 Å². The number of rotatable bonds is 6. The first kappa shape index (κ1) is 52.0. The van der Waals surface area contributed by atoms with Gasteiger partial charge in [-0.1, -0.05) is 251 Å². The monoisotopic (exact) mass is 1110 g/mol. The third kappa shape index (κ3) is 7.37. The van der Waals surface area contributed by atoms with E-state index in [0.717, 1.165) is 0 Å². The van der Waals surface area contributed by atoms with E-state index in [2.05, 4.69) is 312 Å². The van der Waals surface area contributed by atoms with Crippen LogP contribution in [0.5, 0.6) is 0 Å². The standard InChI is InChI=1S/C87H70/c1-83(2)73-23-13-11-21-63(73)65-33-25-55(43-75(65)83)51-17-15-19-53(41-51)57-27-35-67-69-37-29-59(47-79(69)85(5,6)77(67)45-57)61-31-39-71-72-40-32-62(50-82(72)87(9,10)81(71)49-61)60-30-38-70-68-36-28-58(46-78(68)86(7,8)80(70)48-60)54-20-16-18-52(42-54)56-26-34-66-64-22-12-14-24-74(64)84(3,4)76(66)44-56/h11-50H,1-10H3. The highest BCUT2D eigenvalue weighted by Crippen LogP contribution is 2.57. The maximum absolute atomic E-state index is 2.49. The van der Waals surface area contributed by atoms with Crippen LogP contribution >= 0.6 is 0 Å². The molecule has 0 fully saturated rings. The lowest BCUT2D eigenvalue weighted by Gasteiger charge is -2.24. The number of hydrogen-bond acceptors (Lipinski definition) is 0. The van der Waals surface area contributed by atoms with Crippen LogP contribution in [-0.2, 0) is 27.1 Å². The molecule has 0 radical (unpaired) electrons. The molecule has 0 heteroatoms. The van der Waals surface area contributed by atoms with Gasteiger partial charge in [-0.15, -0.1) is 0 Å². The molecule has 0 saturated carbocycles. The Kier molecular flexibility index (Phi) is 10.7. The lowest BCUT2D eigenvalue weighted by molar-refractivity contribution is 0.659. The maximum atomic E-state index is 2.49. The van der Waals surface area contributed by atoms with E-state index >= 15 is 0 Å². The fourth-order valence-electron chi connectivity index (χ4n) is 16.8. The van der Waals surface area contributed by atoms with Gasteiger partial charge in [0.1, 0.15) is 0 Å². The predicted molar refractivity (Wildman–Crippen MR) is 367 cm³/mol. The van der Waals surface area contributed by atoms with Gasteiger partial charge in [-0.25, -0.2) is 0 Å². The molecule has 0 unspecified atom stereocenters. The van der Waals surface area contributed by atoms with Crippen molar-refractivity contribution in [1.29, 1.82) is 0 Å². The number of benzene rings is 12. The van der Waals surface area contributed by atoms with E-state index in [4.69, 9.17) is 0 Å². The Labute approximate surface area is 514 Å². The molecular weight excluding hydrogens is 1040 g/mol. The van der Waals surface area contributed by atoms with Crippen LogP contribution in [0.3, 0.4) is 0 Å². The normalized spacial score (nSPS) is 16.2. The molecule has 0 aromatic heterocycles. The summed E-state index contributed by atoms with van der Waals surface area (Å²) in [7, 11) is 0. The average molecular weight is 1120 g/mol. The molecule has 0 saturated heterocycles. The lowest BCUT2D eigenvalue weighted by Crippen LogP contribution is -2.16. The molecule has 87 heavy (non-hydrogen) atoms. The van der Waals surface area contributed by atoms with Gasteiger partial charge in [0.15, 0.2) is 0 Å². The molecule has 0 heterocycles. The van der Waals surface area contributed by atoms with E-state index in [-0.39, 0.29) is 27.1 Å². The quantitative estimate of drug-likeness (QED) is 0.156. The fraction of sp³-hybridized carbons (Fsp3) is 0.172. The second-order valence-corrected chi connectivity index (χ2v) is 28.5. The molecule has 0 aliphatic heterocycles. The molecule has 12 aromatic carbocycles. The van der Waals surface area contributed by atoms with Crippen LogP contribution in [0.2, 0.25) is 0 Å². The zero-order chi connectivity index (χ0) is 59.3. The van der Waals surface area contributed by atoms with Gasteiger partial charge in [0, 0.05) is 27.1 Å². The summed E-state index contributed by atoms with van der Waals surface area (Å²) in [6.45, 7) is 24.0. The second-order valence-electron chi connectivity index (χ2n) is 28.5. The molecule has 0 N–H and O–H groups in total. The Morgan fingerprint density at radius 2 is 0.299 bits per heavy atom. The summed E-state index contributed by atoms with van der Waals surface area (Å²) >= 11 is 0. The first-order valence-electron chi connectivity index (χ1n) is 31.5. The first-order chi connectivity index (χ1) is 41.8. The third-order valence-corrected chi connectivity index (χ3v) is 21.9. The zero-order valence-electron chi connectivity index (χ0n) is 51.6. The Bertz CT molecular complexity index is 4690. The summed E-state index contributed by atoms with van der Waals surface area (Å²) in [6, 6.07) is 93.6. The van der Waals surface area contributed by atoms with Gasteiger partial charge in [-0.05, 0) is 239 Å². The van der Waals surface area contributed by atoms with Gasteiger partial charge in [0.2, 0.25) is 0 Å². The number of hydrogen-bond donors (Lipinski definition) is 0. The van der Waals surface area contributed by atoms with Gasteiger partial charge in [0.25, 0.3) is 0 Å². The Morgan fingerprint density at radius 3 is 0.506 bits per heavy atom. The average Bonchev–Trinajstić information content (AvgIpc) is 1.67. The largest absolute Gasteiger partial charge is 0.0619 e. The molecule has 0 amide bonds. The maximum Gasteiger partial charge on any atom is 0.0159 e. The Morgan fingerprint density at radius 1 is 0.138 bits per heavy atom. The van der Waals surface area contributed by atoms with Gasteiger partial charge < -0.3 is 0 Å². The summed E-state index contributed by atoms with van der Waals surface area (Å²) in [5.74, 6) is 0. The van der Waals surface area contributed by atoms with E-state index in [0.29, 0.717) is 0 Å². The van der Waals surface area contributed by atoms with Crippen LogP contribution in [0, 0.1) is 0 Å². The van der Waals surface area contributed by atoms with Crippen LogP contribution in [0.15, 0.2) is 243 Å². The van der Waals surface area contributed by atoms with Crippen molar-refractivity contribution in [3.63, 3.8) is 0 Å². The van der Waals surface area contributed by atoms with Gasteiger partial charge >= 0.3 is 0 Å². The van der Waals surface area contributed by atoms with E-state index in [9.17, 15) is 0 Å². The van der Waals surface area contributed by atoms with Crippen molar-refractivity contribution in [3.05, 3.63) is 298 Å². The molecule has 418 valence electrons. The summed E-state index contributed by atoms with van der Waals surface area (Å²) in [6.07, 6.45) is 0. The minimum atomic E-state index is -0.178. The van der Waals surface area contributed by atoms with Crippen molar-refractivity contribution in [2.24, 2.45) is 0 Å². The molecule has 0 nitrogen and oxygen atoms in total. The first-order valence-corrected chi connectivity index (χ1v) is 31.5. The minimum Gasteiger partial charge on any atom is -0.0619 e. The van der Waals surface area contributed by atoms with Crippen LogP contribution < -0.4 is 0 Å². The lowest BCUT2D eigenvalue weighted by atomic mass is 9.79. The predicted octanol–water partition coefficient (Wildman–Crippen LogP) is 23.2. The molecule has 0 atom stereocenters. The Balaban J connectivity index is 0.626. The SMILES string of the molecule is CC1(C)c2ccccc2-c2ccc(-c3cccc(-c4ccc5c(c4)C(C)(C)c4cc(-c6ccc7c(c6)C(C)(C)c6cc(-c8ccc9c(c8)C(C)(C)c8cc(-c%10cccc(-c%11ccc%12c(c%11)C(C)(C)c%11ccccc%11-%12)c%10)ccc8-9)ccc6-7)ccc4-5)c3)cc21. The zero-order valence-corrected chi connectivity index (χ0v) is 51.6. The Hall–Kier alpha value is -9.36. The van der Waals surface area contributed by atoms with Crippen molar-refractivity contribution in [1.82, 2.24) is 0 Å². The van der Waals surface area contributed by atoms with Crippen molar-refractivity contribution >= 4 is 0 Å². The minimum absolute atomic E-state index is 0.0347. The van der Waals surface area contributed by atoms with Crippen molar-refractivity contribution in [3.8, 4) is 122 Å². The molecule has 12 aromatic rings. The van der Waals surface area contributed by atoms with Gasteiger partial charge in [0.05, 0.1) is 0 Å². The molecule has 0 bridgehead atoms. The highest BCUT2D eigenvalue weighted by molar-refractivity contribution is 5.92. The van der Waals surface area contributed by atoms with Gasteiger partial charge in [-0.2, -0.15) is 0 Å². The topological polar surface area (TPSA) is 0 Å². The summed E-state index contributed by atoms with van der Waals surface area (Å²) < 4.78 is 0. The smallest absolute Gasteiger partial charge is 0.0159 e. The molecule has 17 rings (SSSR count). The van der Waals surface area contributed by atoms with Crippen LogP contribution in [0.1, 0.15) is 125 Å². The fourth-order valence-corrected chi connectivity index (χ4v) is 16.8. The molecule has 0 spiro atoms. The third-order valence-electron chi connectivity index (χ3n) is 21.9.